The van der Waals surface area contributed by atoms with Crippen LogP contribution in [0.2, 0.25) is 0 Å². The summed E-state index contributed by atoms with van der Waals surface area (Å²) in [5.74, 6) is 0.193. The molecular weight excluding hydrogens is 268 g/mol. The number of hydrogen-bond donors (Lipinski definition) is 1. The number of methoxy groups -OCH3 is 1. The first-order chi connectivity index (χ1) is 7.57. The van der Waals surface area contributed by atoms with Gasteiger partial charge in [0.15, 0.2) is 0 Å². The zero-order valence-corrected chi connectivity index (χ0v) is 11.6. The average molecular weight is 287 g/mol. The highest BCUT2D eigenvalue weighted by molar-refractivity contribution is 9.10. The molecule has 0 aliphatic rings. The van der Waals surface area contributed by atoms with Gasteiger partial charge in [-0.25, -0.2) is 0 Å². The summed E-state index contributed by atoms with van der Waals surface area (Å²) in [6, 6.07) is 5.97. The van der Waals surface area contributed by atoms with E-state index in [-0.39, 0.29) is 5.92 Å². The van der Waals surface area contributed by atoms with Crippen LogP contribution >= 0.6 is 15.9 Å². The average Bonchev–Trinajstić information content (AvgIpc) is 2.28. The number of ether oxygens (including phenoxy) is 1. The van der Waals surface area contributed by atoms with E-state index >= 15 is 0 Å². The van der Waals surface area contributed by atoms with Crippen molar-refractivity contribution in [3.63, 3.8) is 0 Å². The van der Waals surface area contributed by atoms with E-state index in [0.29, 0.717) is 6.61 Å². The summed E-state index contributed by atoms with van der Waals surface area (Å²) >= 11 is 3.53. The number of halogens is 1. The zero-order valence-electron chi connectivity index (χ0n) is 10.0. The van der Waals surface area contributed by atoms with E-state index in [1.807, 2.05) is 32.0 Å². The van der Waals surface area contributed by atoms with Crippen molar-refractivity contribution in [1.29, 1.82) is 0 Å². The molecule has 3 heteroatoms. The standard InChI is InChI=1S/C13H19BrO2/c1-9-5-4-6-11(12(9)14)13(15)10(2)7-8-16-3/h4-6,10,13,15H,7-8H2,1-3H3. The SMILES string of the molecule is COCCC(C)C(O)c1cccc(C)c1Br. The molecule has 2 unspecified atom stereocenters. The molecule has 0 aromatic heterocycles. The highest BCUT2D eigenvalue weighted by atomic mass is 79.9. The molecule has 0 spiro atoms. The number of benzene rings is 1. The van der Waals surface area contributed by atoms with Gasteiger partial charge >= 0.3 is 0 Å². The molecule has 2 atom stereocenters. The van der Waals surface area contributed by atoms with Crippen LogP contribution in [0.15, 0.2) is 22.7 Å². The van der Waals surface area contributed by atoms with E-state index in [0.717, 1.165) is 22.0 Å². The molecule has 0 aliphatic heterocycles. The van der Waals surface area contributed by atoms with E-state index in [9.17, 15) is 5.11 Å². The Balaban J connectivity index is 2.79. The van der Waals surface area contributed by atoms with Crippen LogP contribution < -0.4 is 0 Å². The predicted molar refractivity (Wildman–Crippen MR) is 69.5 cm³/mol. The van der Waals surface area contributed by atoms with Crippen LogP contribution in [0.1, 0.15) is 30.6 Å². The molecule has 16 heavy (non-hydrogen) atoms. The second kappa shape index (κ2) is 6.38. The van der Waals surface area contributed by atoms with Crippen LogP contribution in [0.5, 0.6) is 0 Å². The number of aliphatic hydroxyl groups excluding tert-OH is 1. The van der Waals surface area contributed by atoms with E-state index in [1.54, 1.807) is 7.11 Å². The number of aliphatic hydroxyl groups is 1. The lowest BCUT2D eigenvalue weighted by Crippen LogP contribution is -2.12. The molecular formula is C13H19BrO2. The zero-order chi connectivity index (χ0) is 12.1. The molecule has 0 saturated carbocycles. The maximum absolute atomic E-state index is 10.2. The van der Waals surface area contributed by atoms with Gasteiger partial charge in [-0.1, -0.05) is 41.1 Å². The van der Waals surface area contributed by atoms with Crippen LogP contribution in [-0.2, 0) is 4.74 Å². The van der Waals surface area contributed by atoms with Crippen LogP contribution in [0.4, 0.5) is 0 Å². The molecule has 0 aliphatic carbocycles. The second-order valence-corrected chi connectivity index (χ2v) is 4.97. The first kappa shape index (κ1) is 13.7. The van der Waals surface area contributed by atoms with E-state index in [1.165, 1.54) is 0 Å². The van der Waals surface area contributed by atoms with Gasteiger partial charge in [-0.2, -0.15) is 0 Å². The maximum atomic E-state index is 10.2. The summed E-state index contributed by atoms with van der Waals surface area (Å²) in [5.41, 5.74) is 2.11. The lowest BCUT2D eigenvalue weighted by atomic mass is 9.94. The van der Waals surface area contributed by atoms with Gasteiger partial charge in [0.25, 0.3) is 0 Å². The molecule has 0 radical (unpaired) electrons. The molecule has 1 aromatic carbocycles. The van der Waals surface area contributed by atoms with E-state index in [2.05, 4.69) is 15.9 Å². The van der Waals surface area contributed by atoms with Crippen LogP contribution in [0.25, 0.3) is 0 Å². The molecule has 0 fully saturated rings. The third-order valence-corrected chi connectivity index (χ3v) is 3.94. The number of hydrogen-bond acceptors (Lipinski definition) is 2. The Bertz CT molecular complexity index is 339. The third kappa shape index (κ3) is 3.30. The Kier molecular flexibility index (Phi) is 5.46. The predicted octanol–water partition coefficient (Wildman–Crippen LogP) is 3.46. The van der Waals surface area contributed by atoms with Crippen LogP contribution in [0, 0.1) is 12.8 Å². The fourth-order valence-electron chi connectivity index (χ4n) is 1.67. The smallest absolute Gasteiger partial charge is 0.0827 e. The van der Waals surface area contributed by atoms with Crippen molar-refractivity contribution in [1.82, 2.24) is 0 Å². The van der Waals surface area contributed by atoms with Gasteiger partial charge < -0.3 is 9.84 Å². The van der Waals surface area contributed by atoms with Crippen molar-refractivity contribution in [3.8, 4) is 0 Å². The van der Waals surface area contributed by atoms with Crippen molar-refractivity contribution < 1.29 is 9.84 Å². The van der Waals surface area contributed by atoms with Crippen LogP contribution in [-0.4, -0.2) is 18.8 Å². The lowest BCUT2D eigenvalue weighted by Gasteiger charge is -2.20. The van der Waals surface area contributed by atoms with E-state index < -0.39 is 6.10 Å². The molecule has 2 nitrogen and oxygen atoms in total. The monoisotopic (exact) mass is 286 g/mol. The minimum atomic E-state index is -0.440. The highest BCUT2D eigenvalue weighted by Gasteiger charge is 2.18. The number of rotatable bonds is 5. The van der Waals surface area contributed by atoms with Gasteiger partial charge in [-0.05, 0) is 30.4 Å². The Morgan fingerprint density at radius 2 is 2.12 bits per heavy atom. The molecule has 1 aromatic rings. The van der Waals surface area contributed by atoms with Gasteiger partial charge in [0, 0.05) is 18.2 Å². The summed E-state index contributed by atoms with van der Waals surface area (Å²) in [5, 5.41) is 10.2. The molecule has 0 amide bonds. The van der Waals surface area contributed by atoms with Crippen molar-refractivity contribution in [2.75, 3.05) is 13.7 Å². The first-order valence-corrected chi connectivity index (χ1v) is 6.29. The topological polar surface area (TPSA) is 29.5 Å². The van der Waals surface area contributed by atoms with Crippen molar-refractivity contribution >= 4 is 15.9 Å². The summed E-state index contributed by atoms with van der Waals surface area (Å²) in [7, 11) is 1.68. The molecule has 0 bridgehead atoms. The van der Waals surface area contributed by atoms with Crippen molar-refractivity contribution in [2.45, 2.75) is 26.4 Å². The van der Waals surface area contributed by atoms with Gasteiger partial charge in [-0.3, -0.25) is 0 Å². The van der Waals surface area contributed by atoms with Crippen LogP contribution in [0.3, 0.4) is 0 Å². The molecule has 0 saturated heterocycles. The molecule has 1 N–H and O–H groups in total. The van der Waals surface area contributed by atoms with Gasteiger partial charge in [0.2, 0.25) is 0 Å². The Hall–Kier alpha value is -0.380. The summed E-state index contributed by atoms with van der Waals surface area (Å²) in [6.45, 7) is 4.75. The lowest BCUT2D eigenvalue weighted by molar-refractivity contribution is 0.0880. The second-order valence-electron chi connectivity index (χ2n) is 4.18. The maximum Gasteiger partial charge on any atom is 0.0827 e. The quantitative estimate of drug-likeness (QED) is 0.898. The van der Waals surface area contributed by atoms with Crippen molar-refractivity contribution in [2.24, 2.45) is 5.92 Å². The molecule has 1 rings (SSSR count). The summed E-state index contributed by atoms with van der Waals surface area (Å²) < 4.78 is 6.04. The first-order valence-electron chi connectivity index (χ1n) is 5.50. The fourth-order valence-corrected chi connectivity index (χ4v) is 2.17. The Morgan fingerprint density at radius 3 is 2.75 bits per heavy atom. The van der Waals surface area contributed by atoms with Crippen molar-refractivity contribution in [3.05, 3.63) is 33.8 Å². The molecule has 0 heterocycles. The Morgan fingerprint density at radius 1 is 1.44 bits per heavy atom. The largest absolute Gasteiger partial charge is 0.388 e. The fraction of sp³-hybridized carbons (Fsp3) is 0.538. The minimum Gasteiger partial charge on any atom is -0.388 e. The van der Waals surface area contributed by atoms with Gasteiger partial charge in [0.1, 0.15) is 0 Å². The third-order valence-electron chi connectivity index (χ3n) is 2.86. The minimum absolute atomic E-state index is 0.193. The highest BCUT2D eigenvalue weighted by Crippen LogP contribution is 2.31. The normalized spacial score (nSPS) is 14.8. The summed E-state index contributed by atoms with van der Waals surface area (Å²) in [6.07, 6.45) is 0.419. The Labute approximate surface area is 106 Å². The number of aryl methyl sites for hydroxylation is 1. The van der Waals surface area contributed by atoms with Gasteiger partial charge in [-0.15, -0.1) is 0 Å². The van der Waals surface area contributed by atoms with E-state index in [4.69, 9.17) is 4.74 Å². The molecule has 90 valence electrons. The summed E-state index contributed by atoms with van der Waals surface area (Å²) in [4.78, 5) is 0. The van der Waals surface area contributed by atoms with Gasteiger partial charge in [0.05, 0.1) is 6.10 Å².